The first-order valence-corrected chi connectivity index (χ1v) is 2.92. The second-order valence-corrected chi connectivity index (χ2v) is 2.65. The van der Waals surface area contributed by atoms with Crippen LogP contribution in [-0.2, 0) is 103 Å². The van der Waals surface area contributed by atoms with Crippen molar-refractivity contribution in [3.8, 4) is 0 Å². The molecule has 0 amide bonds. The summed E-state index contributed by atoms with van der Waals surface area (Å²) in [5.74, 6) is 1.80. The fourth-order valence-corrected chi connectivity index (χ4v) is 0.852. The Balaban J connectivity index is -0.000000120. The third kappa shape index (κ3) is 9.54. The van der Waals surface area contributed by atoms with Gasteiger partial charge in [-0.25, -0.2) is 0 Å². The molecule has 1 nitrogen and oxygen atoms in total. The molecule has 3 radical (unpaired) electrons. The Morgan fingerprint density at radius 1 is 1.44 bits per heavy atom. The maximum atomic E-state index is 4.89. The molecule has 1 unspecified atom stereocenters. The van der Waals surface area contributed by atoms with Crippen molar-refractivity contribution in [2.24, 2.45) is 0 Å². The molecule has 1 aliphatic rings. The van der Waals surface area contributed by atoms with Gasteiger partial charge in [0, 0.05) is 105 Å². The van der Waals surface area contributed by atoms with Gasteiger partial charge in [-0.05, 0) is 5.25 Å². The molecule has 0 aromatic rings. The van der Waals surface area contributed by atoms with Gasteiger partial charge in [0.1, 0.15) is 0 Å². The smallest absolute Gasteiger partial charge is 0.0214 e. The second-order valence-electron chi connectivity index (χ2n) is 1.38. The van der Waals surface area contributed by atoms with Crippen LogP contribution in [0.1, 0.15) is 6.92 Å². The third-order valence-electron chi connectivity index (χ3n) is 0.687. The van der Waals surface area contributed by atoms with E-state index < -0.39 is 0 Å². The predicted molar refractivity (Wildman–Crippen MR) is 27.3 cm³/mol. The van der Waals surface area contributed by atoms with Crippen LogP contribution in [0, 0.1) is 5.94 Å². The van der Waals surface area contributed by atoms with Gasteiger partial charge in [0.2, 0.25) is 0 Å². The second kappa shape index (κ2) is 11.6. The van der Waals surface area contributed by atoms with E-state index in [1.807, 2.05) is 0 Å². The molecule has 5 heteroatoms. The van der Waals surface area contributed by atoms with Gasteiger partial charge in [-0.1, -0.05) is 6.92 Å². The first-order valence-electron chi connectivity index (χ1n) is 1.98. The molecule has 1 atom stereocenters. The quantitative estimate of drug-likeness (QED) is 0.594. The van der Waals surface area contributed by atoms with Crippen LogP contribution < -0.4 is 0 Å². The molecule has 0 saturated carbocycles. The van der Waals surface area contributed by atoms with Crippen molar-refractivity contribution in [2.45, 2.75) is 12.2 Å². The van der Waals surface area contributed by atoms with Crippen molar-refractivity contribution >= 4 is 11.8 Å². The zero-order valence-electron chi connectivity index (χ0n) is 5.41. The van der Waals surface area contributed by atoms with Gasteiger partial charge in [0.05, 0.1) is 0 Å². The van der Waals surface area contributed by atoms with Crippen molar-refractivity contribution < 1.29 is 103 Å². The van der Waals surface area contributed by atoms with E-state index in [2.05, 4.69) is 6.92 Å². The Hall–Kier alpha value is 3.62. The summed E-state index contributed by atoms with van der Waals surface area (Å²) in [5, 5.41) is 0.685. The monoisotopic (exact) mass is 370 g/mol. The average Bonchev–Trinajstić information content (AvgIpc) is 1.86. The maximum Gasteiger partial charge on any atom is 0.0214 e. The number of rotatable bonds is 0. The van der Waals surface area contributed by atoms with Gasteiger partial charge in [0.25, 0.3) is 0 Å². The van der Waals surface area contributed by atoms with Crippen molar-refractivity contribution in [3.05, 3.63) is 5.94 Å². The Morgan fingerprint density at radius 2 is 2.00 bits per heavy atom. The Kier molecular flexibility index (Phi) is 23.8. The van der Waals surface area contributed by atoms with Crippen LogP contribution in [-0.4, -0.2) is 11.9 Å². The standard InChI is InChI=1S/C4H7OS.3Y/c1-4-2-5-3-6-4;;;/h3-4H,2H2,1H3;;;/q-1;;;. The molecule has 1 aliphatic heterocycles. The summed E-state index contributed by atoms with van der Waals surface area (Å²) < 4.78 is 4.89. The first-order chi connectivity index (χ1) is 2.89. The van der Waals surface area contributed by atoms with E-state index in [0.29, 0.717) is 5.25 Å². The Morgan fingerprint density at radius 3 is 2.11 bits per heavy atom. The number of hydrogen-bond acceptors (Lipinski definition) is 2. The summed E-state index contributed by atoms with van der Waals surface area (Å²) in [7, 11) is 0. The van der Waals surface area contributed by atoms with E-state index in [0.717, 1.165) is 6.61 Å². The summed E-state index contributed by atoms with van der Waals surface area (Å²) in [4.78, 5) is 0. The minimum atomic E-state index is 0. The molecule has 45 valence electrons. The van der Waals surface area contributed by atoms with E-state index >= 15 is 0 Å². The first kappa shape index (κ1) is 18.4. The van der Waals surface area contributed by atoms with Crippen molar-refractivity contribution in [1.29, 1.82) is 0 Å². The van der Waals surface area contributed by atoms with E-state index in [-0.39, 0.29) is 98.1 Å². The molecule has 0 N–H and O–H groups in total. The van der Waals surface area contributed by atoms with Crippen LogP contribution in [0.5, 0.6) is 0 Å². The largest absolute Gasteiger partial charge is 0.541 e. The molecule has 9 heavy (non-hydrogen) atoms. The van der Waals surface area contributed by atoms with Gasteiger partial charge in [0.15, 0.2) is 0 Å². The van der Waals surface area contributed by atoms with E-state index in [9.17, 15) is 0 Å². The van der Waals surface area contributed by atoms with Crippen LogP contribution in [0.4, 0.5) is 0 Å². The molecule has 1 heterocycles. The summed E-state index contributed by atoms with van der Waals surface area (Å²) in [6, 6.07) is 0. The van der Waals surface area contributed by atoms with E-state index in [4.69, 9.17) is 4.74 Å². The summed E-state index contributed by atoms with van der Waals surface area (Å²) >= 11 is 1.75. The topological polar surface area (TPSA) is 9.23 Å². The van der Waals surface area contributed by atoms with Crippen molar-refractivity contribution in [1.82, 2.24) is 0 Å². The molecule has 1 saturated heterocycles. The molecule has 0 spiro atoms. The van der Waals surface area contributed by atoms with Gasteiger partial charge in [-0.15, -0.1) is 0 Å². The average molecular weight is 370 g/mol. The number of ether oxygens (including phenoxy) is 1. The summed E-state index contributed by atoms with van der Waals surface area (Å²) in [6.07, 6.45) is 0. The molecule has 1 fully saturated rings. The van der Waals surface area contributed by atoms with Crippen LogP contribution in [0.3, 0.4) is 0 Å². The molecule has 0 aromatic carbocycles. The van der Waals surface area contributed by atoms with Crippen LogP contribution in [0.2, 0.25) is 0 Å². The van der Waals surface area contributed by atoms with Crippen molar-refractivity contribution in [3.63, 3.8) is 0 Å². The maximum absolute atomic E-state index is 4.89. The minimum absolute atomic E-state index is 0. The van der Waals surface area contributed by atoms with Gasteiger partial charge in [-0.2, -0.15) is 5.94 Å². The molecular formula is C4H7OSY3-. The van der Waals surface area contributed by atoms with Gasteiger partial charge >= 0.3 is 0 Å². The van der Waals surface area contributed by atoms with Gasteiger partial charge < -0.3 is 16.5 Å². The fraction of sp³-hybridized carbons (Fsp3) is 0.750. The fourth-order valence-electron chi connectivity index (χ4n) is 0.348. The minimum Gasteiger partial charge on any atom is -0.541 e. The molecular weight excluding hydrogens is 363 g/mol. The predicted octanol–water partition coefficient (Wildman–Crippen LogP) is 1.25. The van der Waals surface area contributed by atoms with Crippen LogP contribution in [0.15, 0.2) is 0 Å². The third-order valence-corrected chi connectivity index (χ3v) is 1.53. The number of thioether (sulfide) groups is 1. The molecule has 0 aromatic heterocycles. The van der Waals surface area contributed by atoms with Crippen LogP contribution in [0.25, 0.3) is 0 Å². The molecule has 0 bridgehead atoms. The van der Waals surface area contributed by atoms with Crippen molar-refractivity contribution in [2.75, 3.05) is 6.61 Å². The zero-order chi connectivity index (χ0) is 4.41. The van der Waals surface area contributed by atoms with E-state index in [1.165, 1.54) is 0 Å². The summed E-state index contributed by atoms with van der Waals surface area (Å²) in [6.45, 7) is 3.04. The molecule has 0 aliphatic carbocycles. The molecule has 1 rings (SSSR count). The van der Waals surface area contributed by atoms with Gasteiger partial charge in [-0.3, -0.25) is 0 Å². The van der Waals surface area contributed by atoms with E-state index in [1.54, 1.807) is 17.7 Å². The Labute approximate surface area is 136 Å². The van der Waals surface area contributed by atoms with Crippen LogP contribution >= 0.6 is 11.8 Å². The zero-order valence-corrected chi connectivity index (χ0v) is 14.7. The SMILES string of the molecule is CC1CO[CH-]S1.[Y].[Y].[Y]. The Bertz CT molecular complexity index is 49.1. The normalized spacial score (nSPS) is 23.0. The number of hydrogen-bond donors (Lipinski definition) is 0. The summed E-state index contributed by atoms with van der Waals surface area (Å²) in [5.41, 5.74) is 0.